The fraction of sp³-hybridized carbons (Fsp3) is 0.0513. The molecule has 0 fully saturated rings. The van der Waals surface area contributed by atoms with Crippen molar-refractivity contribution in [2.24, 2.45) is 0 Å². The Kier molecular flexibility index (Phi) is 5.32. The third-order valence-electron chi connectivity index (χ3n) is 8.52. The van der Waals surface area contributed by atoms with Gasteiger partial charge in [-0.25, -0.2) is 4.85 Å². The molecular weight excluding hydrogens is 510 g/mol. The second-order valence-electron chi connectivity index (χ2n) is 11.0. The van der Waals surface area contributed by atoms with Gasteiger partial charge < -0.3 is 9.13 Å². The molecule has 8 rings (SSSR count). The summed E-state index contributed by atoms with van der Waals surface area (Å²) in [5.74, 6) is 0. The molecule has 2 heterocycles. The van der Waals surface area contributed by atoms with Crippen molar-refractivity contribution in [2.75, 3.05) is 0 Å². The van der Waals surface area contributed by atoms with Crippen LogP contribution in [0.3, 0.4) is 0 Å². The van der Waals surface area contributed by atoms with Gasteiger partial charge in [-0.2, -0.15) is 0 Å². The van der Waals surface area contributed by atoms with E-state index in [1.54, 1.807) is 0 Å². The number of hydrogen-bond donors (Lipinski definition) is 0. The Morgan fingerprint density at radius 1 is 0.476 bits per heavy atom. The number of hydrogen-bond acceptors (Lipinski definition) is 0. The van der Waals surface area contributed by atoms with E-state index in [2.05, 4.69) is 143 Å². The zero-order valence-corrected chi connectivity index (χ0v) is 23.5. The van der Waals surface area contributed by atoms with Gasteiger partial charge in [0.05, 0.1) is 28.6 Å². The highest BCUT2D eigenvalue weighted by atomic mass is 15.0. The molecule has 0 saturated carbocycles. The minimum Gasteiger partial charge on any atom is -0.309 e. The summed E-state index contributed by atoms with van der Waals surface area (Å²) in [6.45, 7) is 11.7. The first-order valence-electron chi connectivity index (χ1n) is 14.2. The van der Waals surface area contributed by atoms with Crippen molar-refractivity contribution >= 4 is 49.3 Å². The van der Waals surface area contributed by atoms with Crippen molar-refractivity contribution in [1.29, 1.82) is 0 Å². The predicted molar refractivity (Wildman–Crippen MR) is 176 cm³/mol. The van der Waals surface area contributed by atoms with Crippen LogP contribution in [0, 0.1) is 20.4 Å². The Bertz CT molecular complexity index is 2360. The lowest BCUT2D eigenvalue weighted by atomic mass is 10.0. The van der Waals surface area contributed by atoms with Crippen LogP contribution in [0.25, 0.3) is 71.0 Å². The molecule has 0 spiro atoms. The molecule has 6 aromatic carbocycles. The van der Waals surface area contributed by atoms with Gasteiger partial charge in [-0.05, 0) is 84.6 Å². The highest BCUT2D eigenvalue weighted by molar-refractivity contribution is 6.12. The van der Waals surface area contributed by atoms with Crippen LogP contribution in [0.15, 0.2) is 127 Å². The number of fused-ring (bicyclic) bond motifs is 6. The van der Waals surface area contributed by atoms with Gasteiger partial charge in [-0.1, -0.05) is 78.9 Å². The van der Waals surface area contributed by atoms with Crippen LogP contribution >= 0.6 is 0 Å². The summed E-state index contributed by atoms with van der Waals surface area (Å²) >= 11 is 0. The third-order valence-corrected chi connectivity index (χ3v) is 8.52. The second kappa shape index (κ2) is 9.23. The number of para-hydroxylation sites is 3. The Morgan fingerprint density at radius 2 is 0.952 bits per heavy atom. The van der Waals surface area contributed by atoms with Gasteiger partial charge in [0, 0.05) is 32.9 Å². The highest BCUT2D eigenvalue weighted by Gasteiger charge is 2.18. The van der Waals surface area contributed by atoms with Gasteiger partial charge in [0.25, 0.3) is 0 Å². The van der Waals surface area contributed by atoms with Crippen LogP contribution in [0.4, 0.5) is 5.69 Å². The third kappa shape index (κ3) is 3.52. The summed E-state index contributed by atoms with van der Waals surface area (Å²) in [6, 6.07) is 45.6. The summed E-state index contributed by atoms with van der Waals surface area (Å²) in [5, 5.41) is 4.96. The fourth-order valence-corrected chi connectivity index (χ4v) is 6.75. The maximum atomic E-state index is 7.51. The van der Waals surface area contributed by atoms with Crippen LogP contribution < -0.4 is 0 Å². The number of aromatic nitrogens is 2. The number of benzene rings is 6. The quantitative estimate of drug-likeness (QED) is 0.199. The normalized spacial score (nSPS) is 11.5. The molecule has 198 valence electrons. The summed E-state index contributed by atoms with van der Waals surface area (Å²) in [5.41, 5.74) is 12.4. The number of aryl methyl sites for hydroxylation is 2. The highest BCUT2D eigenvalue weighted by Crippen LogP contribution is 2.39. The van der Waals surface area contributed by atoms with Gasteiger partial charge in [0.15, 0.2) is 5.69 Å². The Morgan fingerprint density at radius 3 is 1.52 bits per heavy atom. The van der Waals surface area contributed by atoms with Gasteiger partial charge >= 0.3 is 0 Å². The van der Waals surface area contributed by atoms with E-state index in [1.165, 1.54) is 60.4 Å². The average Bonchev–Trinajstić information content (AvgIpc) is 3.53. The van der Waals surface area contributed by atoms with Crippen LogP contribution in [0.1, 0.15) is 11.1 Å². The molecule has 0 saturated heterocycles. The van der Waals surface area contributed by atoms with Gasteiger partial charge in [0.1, 0.15) is 0 Å². The molecule has 8 aromatic rings. The lowest BCUT2D eigenvalue weighted by Gasteiger charge is -2.15. The first kappa shape index (κ1) is 24.2. The first-order valence-corrected chi connectivity index (χ1v) is 14.2. The predicted octanol–water partition coefficient (Wildman–Crippen LogP) is 10.7. The molecule has 2 aromatic heterocycles. The molecule has 3 heteroatoms. The van der Waals surface area contributed by atoms with Crippen molar-refractivity contribution in [1.82, 2.24) is 9.13 Å². The van der Waals surface area contributed by atoms with Crippen LogP contribution in [0.2, 0.25) is 0 Å². The Hall–Kier alpha value is -5.59. The molecule has 0 atom stereocenters. The van der Waals surface area contributed by atoms with Gasteiger partial charge in [0.2, 0.25) is 0 Å². The molecule has 0 unspecified atom stereocenters. The van der Waals surface area contributed by atoms with Crippen molar-refractivity contribution in [2.45, 2.75) is 13.8 Å². The Balaban J connectivity index is 1.36. The van der Waals surface area contributed by atoms with Crippen molar-refractivity contribution < 1.29 is 0 Å². The Labute approximate surface area is 244 Å². The first-order chi connectivity index (χ1) is 20.6. The van der Waals surface area contributed by atoms with Crippen LogP contribution in [0.5, 0.6) is 0 Å². The summed E-state index contributed by atoms with van der Waals surface area (Å²) in [6.07, 6.45) is 0. The molecule has 0 aliphatic carbocycles. The maximum absolute atomic E-state index is 7.51. The monoisotopic (exact) mass is 537 g/mol. The molecule has 42 heavy (non-hydrogen) atoms. The summed E-state index contributed by atoms with van der Waals surface area (Å²) in [7, 11) is 0. The molecular formula is C39H27N3. The van der Waals surface area contributed by atoms with Crippen molar-refractivity contribution in [3.8, 4) is 22.5 Å². The molecule has 0 amide bonds. The lowest BCUT2D eigenvalue weighted by molar-refractivity contribution is 1.12. The minimum atomic E-state index is 0.681. The summed E-state index contributed by atoms with van der Waals surface area (Å²) in [4.78, 5) is 3.68. The topological polar surface area (TPSA) is 14.2 Å². The standard InChI is InChI=1S/C39H27N3/c1-25-21-29(40-3)22-26(2)39(25)42-36-16-10-8-14-32(36)34-24-28(18-20-38(34)42)27-17-19-37-33(23-27)31-13-7-9-15-35(31)41(37)30-11-5-4-6-12-30/h4-24H,1-2H3. The summed E-state index contributed by atoms with van der Waals surface area (Å²) < 4.78 is 4.72. The number of nitrogens with zero attached hydrogens (tertiary/aromatic N) is 3. The van der Waals surface area contributed by atoms with E-state index in [0.29, 0.717) is 5.69 Å². The maximum Gasteiger partial charge on any atom is 0.187 e. The van der Waals surface area contributed by atoms with E-state index in [0.717, 1.165) is 16.8 Å². The average molecular weight is 538 g/mol. The van der Waals surface area contributed by atoms with Crippen LogP contribution in [-0.4, -0.2) is 9.13 Å². The molecule has 0 aliphatic heterocycles. The molecule has 0 aliphatic rings. The SMILES string of the molecule is [C-]#[N+]c1cc(C)c(-n2c3ccccc3c3cc(-c4ccc5c(c4)c4ccccc4n5-c4ccccc4)ccc32)c(C)c1. The van der Waals surface area contributed by atoms with E-state index in [-0.39, 0.29) is 0 Å². The number of rotatable bonds is 3. The van der Waals surface area contributed by atoms with Crippen molar-refractivity contribution in [3.63, 3.8) is 0 Å². The molecule has 0 bridgehead atoms. The molecule has 0 radical (unpaired) electrons. The molecule has 0 N–H and O–H groups in total. The van der Waals surface area contributed by atoms with Crippen LogP contribution in [-0.2, 0) is 0 Å². The van der Waals surface area contributed by atoms with E-state index in [4.69, 9.17) is 6.57 Å². The largest absolute Gasteiger partial charge is 0.309 e. The van der Waals surface area contributed by atoms with E-state index >= 15 is 0 Å². The molecule has 3 nitrogen and oxygen atoms in total. The van der Waals surface area contributed by atoms with Crippen molar-refractivity contribution in [3.05, 3.63) is 150 Å². The lowest BCUT2D eigenvalue weighted by Crippen LogP contribution is -2.00. The van der Waals surface area contributed by atoms with Gasteiger partial charge in [-0.15, -0.1) is 0 Å². The zero-order chi connectivity index (χ0) is 28.4. The van der Waals surface area contributed by atoms with E-state index in [1.807, 2.05) is 12.1 Å². The second-order valence-corrected chi connectivity index (χ2v) is 11.0. The fourth-order valence-electron chi connectivity index (χ4n) is 6.75. The zero-order valence-electron chi connectivity index (χ0n) is 23.5. The smallest absolute Gasteiger partial charge is 0.187 e. The van der Waals surface area contributed by atoms with E-state index < -0.39 is 0 Å². The minimum absolute atomic E-state index is 0.681. The van der Waals surface area contributed by atoms with E-state index in [9.17, 15) is 0 Å². The van der Waals surface area contributed by atoms with Gasteiger partial charge in [-0.3, -0.25) is 0 Å².